The molecule has 1 fully saturated rings. The van der Waals surface area contributed by atoms with E-state index in [0.29, 0.717) is 17.2 Å². The number of Topliss-reactive ketones (excluding diaryl/α,β-unsaturated/α-hetero) is 1. The maximum Gasteiger partial charge on any atom is 0.138 e. The number of anilines is 1. The molecule has 0 aliphatic heterocycles. The minimum absolute atomic E-state index is 0.00261. The first-order valence-electron chi connectivity index (χ1n) is 8.36. The van der Waals surface area contributed by atoms with Crippen LogP contribution in [0.15, 0.2) is 48.5 Å². The van der Waals surface area contributed by atoms with Gasteiger partial charge < -0.3 is 10.1 Å². The molecule has 2 aromatic carbocycles. The van der Waals surface area contributed by atoms with E-state index in [2.05, 4.69) is 5.32 Å². The number of methoxy groups -OCH3 is 1. The molecule has 0 heterocycles. The predicted molar refractivity (Wildman–Crippen MR) is 97.8 cm³/mol. The number of halogens is 1. The number of ketones is 1. The number of ether oxygens (including phenoxy) is 1. The van der Waals surface area contributed by atoms with Crippen LogP contribution in [0.5, 0.6) is 5.75 Å². The van der Waals surface area contributed by atoms with Crippen LogP contribution in [0, 0.1) is 5.92 Å². The summed E-state index contributed by atoms with van der Waals surface area (Å²) >= 11 is 5.97. The van der Waals surface area contributed by atoms with E-state index in [-0.39, 0.29) is 12.0 Å². The molecular formula is C20H22ClNO2. The fourth-order valence-electron chi connectivity index (χ4n) is 3.32. The highest BCUT2D eigenvalue weighted by Crippen LogP contribution is 2.35. The summed E-state index contributed by atoms with van der Waals surface area (Å²) in [6, 6.07) is 15.5. The third-order valence-corrected chi connectivity index (χ3v) is 4.90. The molecule has 126 valence electrons. The largest absolute Gasteiger partial charge is 0.497 e. The third-order valence-electron chi connectivity index (χ3n) is 4.65. The fraction of sp³-hybridized carbons (Fsp3) is 0.350. The van der Waals surface area contributed by atoms with Gasteiger partial charge in [-0.15, -0.1) is 0 Å². The molecule has 1 aliphatic carbocycles. The summed E-state index contributed by atoms with van der Waals surface area (Å²) in [7, 11) is 1.66. The van der Waals surface area contributed by atoms with Gasteiger partial charge in [0.1, 0.15) is 11.5 Å². The number of carbonyl (C=O) groups is 1. The Labute approximate surface area is 148 Å². The van der Waals surface area contributed by atoms with E-state index in [4.69, 9.17) is 16.3 Å². The Morgan fingerprint density at radius 3 is 2.42 bits per heavy atom. The Morgan fingerprint density at radius 1 is 1.08 bits per heavy atom. The summed E-state index contributed by atoms with van der Waals surface area (Å²) in [4.78, 5) is 12.5. The number of hydrogen-bond acceptors (Lipinski definition) is 3. The summed E-state index contributed by atoms with van der Waals surface area (Å²) < 4.78 is 5.24. The first-order valence-corrected chi connectivity index (χ1v) is 8.74. The highest BCUT2D eigenvalue weighted by Gasteiger charge is 2.31. The molecule has 0 saturated heterocycles. The standard InChI is InChI=1S/C20H22ClNO2/c1-24-17-12-6-14(7-13-17)20(18-4-2-3-5-19(18)23)22-16-10-8-15(21)9-11-16/h6-13,18,20,22H,2-5H2,1H3/t18-,20+/m0/s1. The van der Waals surface area contributed by atoms with Gasteiger partial charge in [-0.3, -0.25) is 4.79 Å². The molecule has 0 radical (unpaired) electrons. The first kappa shape index (κ1) is 16.8. The van der Waals surface area contributed by atoms with E-state index in [1.54, 1.807) is 7.11 Å². The molecule has 3 nitrogen and oxygen atoms in total. The molecular weight excluding hydrogens is 322 g/mol. The van der Waals surface area contributed by atoms with Gasteiger partial charge in [-0.1, -0.05) is 30.2 Å². The Bertz CT molecular complexity index is 682. The van der Waals surface area contributed by atoms with Crippen LogP contribution < -0.4 is 10.1 Å². The van der Waals surface area contributed by atoms with E-state index in [1.165, 1.54) is 0 Å². The Kier molecular flexibility index (Phi) is 5.41. The van der Waals surface area contributed by atoms with Gasteiger partial charge in [0.25, 0.3) is 0 Å². The maximum absolute atomic E-state index is 12.5. The van der Waals surface area contributed by atoms with Gasteiger partial charge in [0.2, 0.25) is 0 Å². The molecule has 1 aliphatic rings. The van der Waals surface area contributed by atoms with Gasteiger partial charge in [0, 0.05) is 23.0 Å². The van der Waals surface area contributed by atoms with Crippen molar-refractivity contribution in [3.63, 3.8) is 0 Å². The molecule has 1 N–H and O–H groups in total. The van der Waals surface area contributed by atoms with Gasteiger partial charge in [0.15, 0.2) is 0 Å². The van der Waals surface area contributed by atoms with E-state index in [1.807, 2.05) is 48.5 Å². The molecule has 2 atom stereocenters. The van der Waals surface area contributed by atoms with Crippen molar-refractivity contribution >= 4 is 23.1 Å². The molecule has 0 unspecified atom stereocenters. The van der Waals surface area contributed by atoms with Crippen LogP contribution in [0.25, 0.3) is 0 Å². The van der Waals surface area contributed by atoms with Crippen LogP contribution in [0.3, 0.4) is 0 Å². The summed E-state index contributed by atoms with van der Waals surface area (Å²) in [5, 5.41) is 4.24. The molecule has 3 rings (SSSR count). The molecule has 4 heteroatoms. The van der Waals surface area contributed by atoms with Crippen molar-refractivity contribution in [2.75, 3.05) is 12.4 Å². The minimum Gasteiger partial charge on any atom is -0.497 e. The van der Waals surface area contributed by atoms with Gasteiger partial charge in [0.05, 0.1) is 13.2 Å². The fourth-order valence-corrected chi connectivity index (χ4v) is 3.44. The summed E-state index contributed by atoms with van der Waals surface area (Å²) in [5.74, 6) is 1.17. The topological polar surface area (TPSA) is 38.3 Å². The second kappa shape index (κ2) is 7.71. The van der Waals surface area contributed by atoms with Crippen LogP contribution >= 0.6 is 11.6 Å². The zero-order valence-electron chi connectivity index (χ0n) is 13.8. The van der Waals surface area contributed by atoms with Crippen LogP contribution in [-0.2, 0) is 4.79 Å². The highest BCUT2D eigenvalue weighted by molar-refractivity contribution is 6.30. The Hall–Kier alpha value is -2.00. The second-order valence-corrected chi connectivity index (χ2v) is 6.66. The normalized spacial score (nSPS) is 18.9. The van der Waals surface area contributed by atoms with Gasteiger partial charge in [-0.25, -0.2) is 0 Å². The van der Waals surface area contributed by atoms with Crippen molar-refractivity contribution in [1.29, 1.82) is 0 Å². The van der Waals surface area contributed by atoms with Crippen molar-refractivity contribution < 1.29 is 9.53 Å². The van der Waals surface area contributed by atoms with Crippen molar-refractivity contribution in [3.05, 3.63) is 59.1 Å². The average Bonchev–Trinajstić information content (AvgIpc) is 2.62. The minimum atomic E-state index is -0.0371. The van der Waals surface area contributed by atoms with E-state index < -0.39 is 0 Å². The van der Waals surface area contributed by atoms with E-state index >= 15 is 0 Å². The van der Waals surface area contributed by atoms with Crippen molar-refractivity contribution in [2.24, 2.45) is 5.92 Å². The monoisotopic (exact) mass is 343 g/mol. The molecule has 0 amide bonds. The van der Waals surface area contributed by atoms with Crippen LogP contribution in [-0.4, -0.2) is 12.9 Å². The Morgan fingerprint density at radius 2 is 1.79 bits per heavy atom. The summed E-state index contributed by atoms with van der Waals surface area (Å²) in [5.41, 5.74) is 2.07. The van der Waals surface area contributed by atoms with Crippen LogP contribution in [0.1, 0.15) is 37.3 Å². The number of carbonyl (C=O) groups excluding carboxylic acids is 1. The van der Waals surface area contributed by atoms with Crippen molar-refractivity contribution in [2.45, 2.75) is 31.7 Å². The number of nitrogens with one attached hydrogen (secondary N) is 1. The maximum atomic E-state index is 12.5. The van der Waals surface area contributed by atoms with Crippen LogP contribution in [0.4, 0.5) is 5.69 Å². The van der Waals surface area contributed by atoms with Crippen molar-refractivity contribution in [3.8, 4) is 5.75 Å². The number of hydrogen-bond donors (Lipinski definition) is 1. The van der Waals surface area contributed by atoms with Crippen LogP contribution in [0.2, 0.25) is 5.02 Å². The SMILES string of the molecule is COc1ccc([C@@H](Nc2ccc(Cl)cc2)[C@H]2CCCCC2=O)cc1. The number of rotatable bonds is 5. The summed E-state index contributed by atoms with van der Waals surface area (Å²) in [6.45, 7) is 0. The molecule has 2 aromatic rings. The van der Waals surface area contributed by atoms with E-state index in [0.717, 1.165) is 36.3 Å². The lowest BCUT2D eigenvalue weighted by atomic mass is 9.80. The average molecular weight is 344 g/mol. The molecule has 0 spiro atoms. The van der Waals surface area contributed by atoms with Gasteiger partial charge in [-0.05, 0) is 54.8 Å². The highest BCUT2D eigenvalue weighted by atomic mass is 35.5. The van der Waals surface area contributed by atoms with Crippen molar-refractivity contribution in [1.82, 2.24) is 0 Å². The quantitative estimate of drug-likeness (QED) is 0.804. The zero-order valence-corrected chi connectivity index (χ0v) is 14.6. The van der Waals surface area contributed by atoms with Gasteiger partial charge in [-0.2, -0.15) is 0 Å². The van der Waals surface area contributed by atoms with Gasteiger partial charge >= 0.3 is 0 Å². The lowest BCUT2D eigenvalue weighted by Crippen LogP contribution is -2.30. The second-order valence-electron chi connectivity index (χ2n) is 6.22. The third kappa shape index (κ3) is 3.90. The lowest BCUT2D eigenvalue weighted by molar-refractivity contribution is -0.125. The first-order chi connectivity index (χ1) is 11.7. The van der Waals surface area contributed by atoms with E-state index in [9.17, 15) is 4.79 Å². The lowest BCUT2D eigenvalue weighted by Gasteiger charge is -2.31. The molecule has 24 heavy (non-hydrogen) atoms. The molecule has 1 saturated carbocycles. The predicted octanol–water partition coefficient (Wildman–Crippen LogP) is 5.26. The smallest absolute Gasteiger partial charge is 0.138 e. The molecule has 0 aromatic heterocycles. The summed E-state index contributed by atoms with van der Waals surface area (Å²) in [6.07, 6.45) is 3.71. The number of benzene rings is 2. The molecule has 0 bridgehead atoms. The Balaban J connectivity index is 1.89. The zero-order chi connectivity index (χ0) is 16.9.